The van der Waals surface area contributed by atoms with Crippen LogP contribution in [0.15, 0.2) is 64.3 Å². The van der Waals surface area contributed by atoms with E-state index >= 15 is 0 Å². The number of hydrogen-bond donors (Lipinski definition) is 0. The molecular formula is C24H23NO3S. The van der Waals surface area contributed by atoms with Gasteiger partial charge >= 0.3 is 5.97 Å². The maximum atomic E-state index is 13.4. The van der Waals surface area contributed by atoms with E-state index in [4.69, 9.17) is 4.74 Å². The number of Topliss-reactive ketones (excluding diaryl/α,β-unsaturated/α-hetero) is 1. The van der Waals surface area contributed by atoms with Crippen LogP contribution in [0.4, 0.5) is 5.69 Å². The summed E-state index contributed by atoms with van der Waals surface area (Å²) in [6.45, 7) is 6.58. The van der Waals surface area contributed by atoms with Crippen molar-refractivity contribution in [2.45, 2.75) is 39.5 Å². The van der Waals surface area contributed by atoms with E-state index in [1.165, 1.54) is 5.56 Å². The van der Waals surface area contributed by atoms with Gasteiger partial charge < -0.3 is 9.64 Å². The molecule has 0 amide bonds. The standard InChI is InChI=1S/C24H23NO3S/c1-14-6-8-15(9-7-14)25-16-11-24(2,3)12-18(26)20(16)22(19-5-4-10-29-19)21-17(25)13-28-23(21)27/h4-10,22H,11-13H2,1-3H3. The zero-order chi connectivity index (χ0) is 20.3. The van der Waals surface area contributed by atoms with Crippen molar-refractivity contribution in [3.8, 4) is 0 Å². The highest BCUT2D eigenvalue weighted by Crippen LogP contribution is 2.53. The second-order valence-electron chi connectivity index (χ2n) is 8.86. The number of carbonyl (C=O) groups excluding carboxylic acids is 2. The first-order chi connectivity index (χ1) is 13.9. The largest absolute Gasteiger partial charge is 0.456 e. The zero-order valence-electron chi connectivity index (χ0n) is 16.8. The van der Waals surface area contributed by atoms with E-state index in [2.05, 4.69) is 49.9 Å². The van der Waals surface area contributed by atoms with Gasteiger partial charge in [-0.15, -0.1) is 11.3 Å². The Balaban J connectivity index is 1.78. The Hall–Kier alpha value is -2.66. The van der Waals surface area contributed by atoms with Gasteiger partial charge in [0, 0.05) is 28.3 Å². The minimum absolute atomic E-state index is 0.125. The molecule has 1 aromatic carbocycles. The predicted molar refractivity (Wildman–Crippen MR) is 114 cm³/mol. The highest BCUT2D eigenvalue weighted by atomic mass is 32.1. The van der Waals surface area contributed by atoms with Crippen molar-refractivity contribution in [1.82, 2.24) is 0 Å². The van der Waals surface area contributed by atoms with Gasteiger partial charge in [-0.2, -0.15) is 0 Å². The fourth-order valence-corrected chi connectivity index (χ4v) is 5.60. The molecule has 0 spiro atoms. The molecule has 2 aromatic rings. The SMILES string of the molecule is Cc1ccc(N2C3=C(C(=O)CC(C)(C)C3)C(c3cccs3)C3=C2COC3=O)cc1. The summed E-state index contributed by atoms with van der Waals surface area (Å²) in [5, 5.41) is 2.00. The fourth-order valence-electron chi connectivity index (χ4n) is 4.76. The van der Waals surface area contributed by atoms with Crippen LogP contribution in [0.25, 0.3) is 0 Å². The Bertz CT molecular complexity index is 1070. The van der Waals surface area contributed by atoms with Crippen molar-refractivity contribution >= 4 is 28.8 Å². The average molecular weight is 406 g/mol. The van der Waals surface area contributed by atoms with Gasteiger partial charge in [0.05, 0.1) is 17.2 Å². The summed E-state index contributed by atoms with van der Waals surface area (Å²) in [6, 6.07) is 12.2. The molecular weight excluding hydrogens is 382 g/mol. The molecule has 29 heavy (non-hydrogen) atoms. The van der Waals surface area contributed by atoms with Crippen molar-refractivity contribution in [2.75, 3.05) is 11.5 Å². The van der Waals surface area contributed by atoms with Crippen LogP contribution in [-0.4, -0.2) is 18.4 Å². The highest BCUT2D eigenvalue weighted by molar-refractivity contribution is 7.10. The van der Waals surface area contributed by atoms with E-state index in [9.17, 15) is 9.59 Å². The fraction of sp³-hybridized carbons (Fsp3) is 0.333. The van der Waals surface area contributed by atoms with Crippen molar-refractivity contribution in [3.63, 3.8) is 0 Å². The zero-order valence-corrected chi connectivity index (χ0v) is 17.6. The molecule has 0 N–H and O–H groups in total. The molecule has 0 radical (unpaired) electrons. The van der Waals surface area contributed by atoms with Crippen molar-refractivity contribution in [2.24, 2.45) is 5.41 Å². The molecule has 0 saturated heterocycles. The van der Waals surface area contributed by atoms with E-state index in [0.29, 0.717) is 12.0 Å². The molecule has 0 fully saturated rings. The first kappa shape index (κ1) is 18.4. The van der Waals surface area contributed by atoms with Gasteiger partial charge in [0.25, 0.3) is 0 Å². The van der Waals surface area contributed by atoms with Gasteiger partial charge in [-0.25, -0.2) is 4.79 Å². The maximum Gasteiger partial charge on any atom is 0.337 e. The Morgan fingerprint density at radius 1 is 1.03 bits per heavy atom. The lowest BCUT2D eigenvalue weighted by molar-refractivity contribution is -0.136. The third kappa shape index (κ3) is 2.87. The third-order valence-corrected chi connectivity index (χ3v) is 6.94. The molecule has 148 valence electrons. The summed E-state index contributed by atoms with van der Waals surface area (Å²) >= 11 is 1.59. The summed E-state index contributed by atoms with van der Waals surface area (Å²) in [7, 11) is 0. The van der Waals surface area contributed by atoms with Crippen LogP contribution in [0, 0.1) is 12.3 Å². The van der Waals surface area contributed by atoms with E-state index in [-0.39, 0.29) is 29.7 Å². The van der Waals surface area contributed by atoms with Crippen LogP contribution < -0.4 is 4.90 Å². The molecule has 1 aromatic heterocycles. The van der Waals surface area contributed by atoms with Crippen LogP contribution in [0.1, 0.15) is 43.0 Å². The smallest absolute Gasteiger partial charge is 0.337 e. The van der Waals surface area contributed by atoms with E-state index in [1.54, 1.807) is 11.3 Å². The van der Waals surface area contributed by atoms with Crippen LogP contribution in [-0.2, 0) is 14.3 Å². The second kappa shape index (κ2) is 6.42. The molecule has 0 bridgehead atoms. The maximum absolute atomic E-state index is 13.4. The monoisotopic (exact) mass is 405 g/mol. The molecule has 5 rings (SSSR count). The number of carbonyl (C=O) groups is 2. The molecule has 3 heterocycles. The lowest BCUT2D eigenvalue weighted by atomic mass is 9.69. The van der Waals surface area contributed by atoms with Crippen LogP contribution in [0.5, 0.6) is 0 Å². The van der Waals surface area contributed by atoms with Gasteiger partial charge in [0.1, 0.15) is 6.61 Å². The Labute approximate surface area is 174 Å². The number of allylic oxidation sites excluding steroid dienone is 2. The van der Waals surface area contributed by atoms with Gasteiger partial charge in [-0.1, -0.05) is 37.6 Å². The van der Waals surface area contributed by atoms with Gasteiger partial charge in [-0.05, 0) is 42.3 Å². The second-order valence-corrected chi connectivity index (χ2v) is 9.84. The Morgan fingerprint density at radius 3 is 2.48 bits per heavy atom. The Morgan fingerprint density at radius 2 is 1.79 bits per heavy atom. The minimum Gasteiger partial charge on any atom is -0.456 e. The molecule has 2 aliphatic heterocycles. The minimum atomic E-state index is -0.319. The van der Waals surface area contributed by atoms with Gasteiger partial charge in [0.2, 0.25) is 0 Å². The van der Waals surface area contributed by atoms with Crippen LogP contribution in [0.3, 0.4) is 0 Å². The lowest BCUT2D eigenvalue weighted by Gasteiger charge is -2.43. The van der Waals surface area contributed by atoms with Crippen LogP contribution in [0.2, 0.25) is 0 Å². The molecule has 4 nitrogen and oxygen atoms in total. The normalized spacial score (nSPS) is 23.3. The molecule has 0 saturated carbocycles. The number of nitrogens with zero attached hydrogens (tertiary/aromatic N) is 1. The first-order valence-electron chi connectivity index (χ1n) is 9.92. The van der Waals surface area contributed by atoms with E-state index in [1.807, 2.05) is 17.5 Å². The van der Waals surface area contributed by atoms with Crippen LogP contribution >= 0.6 is 11.3 Å². The Kier molecular flexibility index (Phi) is 4.07. The molecule has 5 heteroatoms. The molecule has 3 aliphatic rings. The molecule has 1 atom stereocenters. The summed E-state index contributed by atoms with van der Waals surface area (Å²) in [6.07, 6.45) is 1.28. The number of benzene rings is 1. The number of esters is 1. The third-order valence-electron chi connectivity index (χ3n) is 6.00. The molecule has 1 aliphatic carbocycles. The van der Waals surface area contributed by atoms with Gasteiger partial charge in [0.15, 0.2) is 5.78 Å². The van der Waals surface area contributed by atoms with Crippen molar-refractivity contribution in [3.05, 3.63) is 74.8 Å². The average Bonchev–Trinajstić information content (AvgIpc) is 3.31. The van der Waals surface area contributed by atoms with Crippen molar-refractivity contribution < 1.29 is 14.3 Å². The summed E-state index contributed by atoms with van der Waals surface area (Å²) in [5.41, 5.74) is 5.31. The quantitative estimate of drug-likeness (QED) is 0.651. The van der Waals surface area contributed by atoms with Gasteiger partial charge in [-0.3, -0.25) is 4.79 Å². The molecule has 1 unspecified atom stereocenters. The number of rotatable bonds is 2. The number of hydrogen-bond acceptors (Lipinski definition) is 5. The number of ether oxygens (including phenoxy) is 1. The lowest BCUT2D eigenvalue weighted by Crippen LogP contribution is -2.40. The number of anilines is 1. The first-order valence-corrected chi connectivity index (χ1v) is 10.8. The summed E-state index contributed by atoms with van der Waals surface area (Å²) in [4.78, 5) is 29.4. The number of cyclic esters (lactones) is 1. The van der Waals surface area contributed by atoms with E-state index in [0.717, 1.165) is 34.0 Å². The number of ketones is 1. The summed E-state index contributed by atoms with van der Waals surface area (Å²) in [5.74, 6) is -0.488. The number of thiophene rings is 1. The van der Waals surface area contributed by atoms with E-state index < -0.39 is 0 Å². The highest BCUT2D eigenvalue weighted by Gasteiger charge is 2.49. The topological polar surface area (TPSA) is 46.6 Å². The number of aryl methyl sites for hydroxylation is 1. The summed E-state index contributed by atoms with van der Waals surface area (Å²) < 4.78 is 5.51. The predicted octanol–water partition coefficient (Wildman–Crippen LogP) is 5.11. The van der Waals surface area contributed by atoms with Crippen molar-refractivity contribution in [1.29, 1.82) is 0 Å².